The molecule has 32 heavy (non-hydrogen) atoms. The molecule has 1 N–H and O–H groups in total. The Labute approximate surface area is 189 Å². The van der Waals surface area contributed by atoms with Crippen molar-refractivity contribution in [1.82, 2.24) is 4.98 Å². The predicted molar refractivity (Wildman–Crippen MR) is 125 cm³/mol. The average molecular weight is 463 g/mol. The van der Waals surface area contributed by atoms with Crippen molar-refractivity contribution < 1.29 is 18.0 Å². The number of carbonyl (C=O) groups is 2. The highest BCUT2D eigenvalue weighted by Gasteiger charge is 2.22. The van der Waals surface area contributed by atoms with E-state index in [-0.39, 0.29) is 21.4 Å². The van der Waals surface area contributed by atoms with E-state index in [1.54, 1.807) is 24.3 Å². The zero-order valence-corrected chi connectivity index (χ0v) is 18.6. The number of hydrogen-bond acceptors (Lipinski definition) is 6. The first kappa shape index (κ1) is 21.6. The second-order valence-electron chi connectivity index (χ2n) is 7.01. The van der Waals surface area contributed by atoms with Crippen LogP contribution in [0.1, 0.15) is 25.6 Å². The number of benzene rings is 3. The van der Waals surface area contributed by atoms with E-state index in [4.69, 9.17) is 0 Å². The van der Waals surface area contributed by atoms with Gasteiger partial charge in [0.2, 0.25) is 5.78 Å². The van der Waals surface area contributed by atoms with Crippen LogP contribution in [-0.2, 0) is 9.84 Å². The fourth-order valence-electron chi connectivity index (χ4n) is 3.08. The number of nitrogens with one attached hydrogen (secondary N) is 1. The summed E-state index contributed by atoms with van der Waals surface area (Å²) in [6.45, 7) is 0. The number of ketones is 1. The van der Waals surface area contributed by atoms with Gasteiger partial charge in [0.25, 0.3) is 5.91 Å². The summed E-state index contributed by atoms with van der Waals surface area (Å²) >= 11 is 1.08. The molecule has 8 heteroatoms. The van der Waals surface area contributed by atoms with Crippen LogP contribution in [0.15, 0.2) is 89.8 Å². The first-order chi connectivity index (χ1) is 15.3. The molecule has 0 aliphatic carbocycles. The predicted octanol–water partition coefficient (Wildman–Crippen LogP) is 4.70. The third kappa shape index (κ3) is 4.66. The summed E-state index contributed by atoms with van der Waals surface area (Å²) in [5.74, 6) is -0.705. The van der Waals surface area contributed by atoms with Crippen LogP contribution in [0.2, 0.25) is 0 Å². The molecule has 0 radical (unpaired) electrons. The summed E-state index contributed by atoms with van der Waals surface area (Å²) in [5, 5.41) is 2.94. The molecule has 3 aromatic carbocycles. The maximum absolute atomic E-state index is 13.2. The number of hydrogen-bond donors (Lipinski definition) is 1. The van der Waals surface area contributed by atoms with Crippen LogP contribution in [0.25, 0.3) is 11.3 Å². The second kappa shape index (κ2) is 8.86. The minimum atomic E-state index is -3.45. The first-order valence-corrected chi connectivity index (χ1v) is 12.3. The van der Waals surface area contributed by atoms with Gasteiger partial charge in [-0.3, -0.25) is 14.9 Å². The van der Waals surface area contributed by atoms with Crippen molar-refractivity contribution in [3.63, 3.8) is 0 Å². The summed E-state index contributed by atoms with van der Waals surface area (Å²) < 4.78 is 23.6. The molecule has 0 spiro atoms. The van der Waals surface area contributed by atoms with Gasteiger partial charge in [-0.15, -0.1) is 0 Å². The lowest BCUT2D eigenvalue weighted by Crippen LogP contribution is -2.12. The zero-order valence-electron chi connectivity index (χ0n) is 17.0. The standard InChI is InChI=1S/C24H18N2O4S2/c1-32(29,30)19-14-8-13-18(15-19)23(28)26-24-25-20(16-9-4-2-5-10-16)22(31-24)21(27)17-11-6-3-7-12-17/h2-15H,1H3,(H,25,26,28). The molecular weight excluding hydrogens is 444 g/mol. The van der Waals surface area contributed by atoms with Crippen LogP contribution in [0.5, 0.6) is 0 Å². The molecule has 160 valence electrons. The van der Waals surface area contributed by atoms with Crippen molar-refractivity contribution in [3.05, 3.63) is 101 Å². The van der Waals surface area contributed by atoms with Crippen molar-refractivity contribution in [2.24, 2.45) is 0 Å². The van der Waals surface area contributed by atoms with Crippen LogP contribution in [0.4, 0.5) is 5.13 Å². The Morgan fingerprint density at radius 2 is 1.47 bits per heavy atom. The number of thiazole rings is 1. The van der Waals surface area contributed by atoms with Crippen molar-refractivity contribution in [3.8, 4) is 11.3 Å². The van der Waals surface area contributed by atoms with Crippen molar-refractivity contribution in [2.45, 2.75) is 4.90 Å². The van der Waals surface area contributed by atoms with Gasteiger partial charge in [-0.25, -0.2) is 13.4 Å². The largest absolute Gasteiger partial charge is 0.298 e. The van der Waals surface area contributed by atoms with Gasteiger partial charge in [0, 0.05) is 22.9 Å². The molecule has 0 atom stereocenters. The van der Waals surface area contributed by atoms with Crippen LogP contribution >= 0.6 is 11.3 Å². The lowest BCUT2D eigenvalue weighted by atomic mass is 10.1. The molecule has 0 aliphatic rings. The van der Waals surface area contributed by atoms with E-state index < -0.39 is 15.7 Å². The molecule has 6 nitrogen and oxygen atoms in total. The molecule has 0 saturated carbocycles. The van der Waals surface area contributed by atoms with E-state index in [0.29, 0.717) is 16.1 Å². The number of carbonyl (C=O) groups excluding carboxylic acids is 2. The summed E-state index contributed by atoms with van der Waals surface area (Å²) in [6, 6.07) is 23.9. The van der Waals surface area contributed by atoms with Crippen LogP contribution < -0.4 is 5.32 Å². The molecular formula is C24H18N2O4S2. The molecule has 1 amide bonds. The van der Waals surface area contributed by atoms with Crippen molar-refractivity contribution in [2.75, 3.05) is 11.6 Å². The Bertz CT molecular complexity index is 1400. The van der Waals surface area contributed by atoms with Crippen LogP contribution in [-0.4, -0.2) is 31.3 Å². The molecule has 0 bridgehead atoms. The van der Waals surface area contributed by atoms with E-state index in [9.17, 15) is 18.0 Å². The van der Waals surface area contributed by atoms with Crippen LogP contribution in [0, 0.1) is 0 Å². The van der Waals surface area contributed by atoms with Gasteiger partial charge in [-0.05, 0) is 18.2 Å². The number of aromatic nitrogens is 1. The molecule has 0 saturated heterocycles. The molecule has 4 rings (SSSR count). The maximum Gasteiger partial charge on any atom is 0.257 e. The fraction of sp³-hybridized carbons (Fsp3) is 0.0417. The van der Waals surface area contributed by atoms with Crippen molar-refractivity contribution >= 4 is 38.0 Å². The SMILES string of the molecule is CS(=O)(=O)c1cccc(C(=O)Nc2nc(-c3ccccc3)c(C(=O)c3ccccc3)s2)c1. The third-order valence-electron chi connectivity index (χ3n) is 4.66. The van der Waals surface area contributed by atoms with E-state index in [1.165, 1.54) is 24.3 Å². The number of amides is 1. The van der Waals surface area contributed by atoms with Gasteiger partial charge in [0.1, 0.15) is 4.88 Å². The Balaban J connectivity index is 1.70. The number of sulfone groups is 1. The summed E-state index contributed by atoms with van der Waals surface area (Å²) in [5.41, 5.74) is 1.93. The average Bonchev–Trinajstić information content (AvgIpc) is 3.23. The topological polar surface area (TPSA) is 93.2 Å². The zero-order chi connectivity index (χ0) is 22.7. The lowest BCUT2D eigenvalue weighted by Gasteiger charge is -2.04. The van der Waals surface area contributed by atoms with Gasteiger partial charge >= 0.3 is 0 Å². The summed E-state index contributed by atoms with van der Waals surface area (Å²) in [6.07, 6.45) is 1.08. The minimum absolute atomic E-state index is 0.0502. The second-order valence-corrected chi connectivity index (χ2v) is 10.0. The normalized spacial score (nSPS) is 11.2. The van der Waals surface area contributed by atoms with Gasteiger partial charge in [0.05, 0.1) is 10.6 Å². The van der Waals surface area contributed by atoms with Gasteiger partial charge in [-0.1, -0.05) is 78.1 Å². The molecule has 4 aromatic rings. The monoisotopic (exact) mass is 462 g/mol. The Morgan fingerprint density at radius 1 is 0.844 bits per heavy atom. The lowest BCUT2D eigenvalue weighted by molar-refractivity contribution is 0.102. The first-order valence-electron chi connectivity index (χ1n) is 9.60. The third-order valence-corrected chi connectivity index (χ3v) is 6.74. The molecule has 1 aromatic heterocycles. The van der Waals surface area contributed by atoms with E-state index >= 15 is 0 Å². The molecule has 1 heterocycles. The van der Waals surface area contributed by atoms with Gasteiger partial charge in [-0.2, -0.15) is 0 Å². The molecule has 0 aliphatic heterocycles. The minimum Gasteiger partial charge on any atom is -0.298 e. The molecule has 0 fully saturated rings. The Kier molecular flexibility index (Phi) is 5.98. The van der Waals surface area contributed by atoms with Gasteiger partial charge in [0.15, 0.2) is 15.0 Å². The quantitative estimate of drug-likeness (QED) is 0.419. The van der Waals surface area contributed by atoms with E-state index in [0.717, 1.165) is 23.2 Å². The highest BCUT2D eigenvalue weighted by atomic mass is 32.2. The van der Waals surface area contributed by atoms with Crippen LogP contribution in [0.3, 0.4) is 0 Å². The Morgan fingerprint density at radius 3 is 2.12 bits per heavy atom. The smallest absolute Gasteiger partial charge is 0.257 e. The highest BCUT2D eigenvalue weighted by Crippen LogP contribution is 2.33. The van der Waals surface area contributed by atoms with E-state index in [2.05, 4.69) is 10.3 Å². The number of anilines is 1. The number of rotatable bonds is 6. The maximum atomic E-state index is 13.2. The molecule has 0 unspecified atom stereocenters. The fourth-order valence-corrected chi connectivity index (χ4v) is 4.69. The summed E-state index contributed by atoms with van der Waals surface area (Å²) in [4.78, 5) is 30.9. The highest BCUT2D eigenvalue weighted by molar-refractivity contribution is 7.90. The van der Waals surface area contributed by atoms with Gasteiger partial charge < -0.3 is 0 Å². The van der Waals surface area contributed by atoms with E-state index in [1.807, 2.05) is 36.4 Å². The Hall–Kier alpha value is -3.62. The number of nitrogens with zero attached hydrogens (tertiary/aromatic N) is 1. The summed E-state index contributed by atoms with van der Waals surface area (Å²) in [7, 11) is -3.45. The van der Waals surface area contributed by atoms with Crippen molar-refractivity contribution in [1.29, 1.82) is 0 Å².